The molecule has 1 aromatic heterocycles. The minimum atomic E-state index is -0.769. The third kappa shape index (κ3) is 1.91. The molecule has 2 N–H and O–H groups in total. The number of likely N-dealkylation sites (N-methyl/N-ethyl adjacent to an activating group) is 1. The van der Waals surface area contributed by atoms with Crippen LogP contribution in [-0.2, 0) is 9.59 Å². The highest BCUT2D eigenvalue weighted by atomic mass is 16.2. The van der Waals surface area contributed by atoms with Crippen LogP contribution in [0.3, 0.4) is 0 Å². The average Bonchev–Trinajstić information content (AvgIpc) is 2.80. The Balaban J connectivity index is 2.08. The van der Waals surface area contributed by atoms with Crippen molar-refractivity contribution in [1.29, 1.82) is 0 Å². The molecule has 0 bridgehead atoms. The summed E-state index contributed by atoms with van der Waals surface area (Å²) in [7, 11) is 1.40. The maximum absolute atomic E-state index is 11.8. The van der Waals surface area contributed by atoms with Crippen LogP contribution in [-0.4, -0.2) is 45.9 Å². The largest absolute Gasteiger partial charge is 0.340 e. The van der Waals surface area contributed by atoms with Gasteiger partial charge in [-0.1, -0.05) is 0 Å². The van der Waals surface area contributed by atoms with Crippen LogP contribution in [0.25, 0.3) is 0 Å². The maximum Gasteiger partial charge on any atom is 0.255 e. The van der Waals surface area contributed by atoms with Crippen LogP contribution in [0, 0.1) is 6.92 Å². The Kier molecular flexibility index (Phi) is 2.66. The standard InChI is InChI=1S/C10H12N4O3/c1-5-6(4-11-13-5)9(16)12-7-3-8(15)14(2)10(7)17/h4,7H,3H2,1-2H3,(H,11,13)(H,12,16). The van der Waals surface area contributed by atoms with Gasteiger partial charge >= 0.3 is 0 Å². The molecule has 7 heteroatoms. The van der Waals surface area contributed by atoms with Crippen LogP contribution in [0.2, 0.25) is 0 Å². The van der Waals surface area contributed by atoms with Crippen molar-refractivity contribution in [3.05, 3.63) is 17.5 Å². The number of aromatic amines is 1. The Labute approximate surface area is 97.2 Å². The molecule has 1 unspecified atom stereocenters. The molecular formula is C10H12N4O3. The highest BCUT2D eigenvalue weighted by Crippen LogP contribution is 2.12. The number of hydrogen-bond donors (Lipinski definition) is 2. The molecule has 1 atom stereocenters. The Bertz CT molecular complexity index is 493. The van der Waals surface area contributed by atoms with Crippen molar-refractivity contribution >= 4 is 17.7 Å². The molecular weight excluding hydrogens is 224 g/mol. The molecule has 7 nitrogen and oxygen atoms in total. The summed E-state index contributed by atoms with van der Waals surface area (Å²) in [4.78, 5) is 35.6. The second-order valence-electron chi connectivity index (χ2n) is 3.93. The molecule has 3 amide bonds. The van der Waals surface area contributed by atoms with E-state index in [0.717, 1.165) is 4.90 Å². The lowest BCUT2D eigenvalue weighted by Crippen LogP contribution is -2.40. The summed E-state index contributed by atoms with van der Waals surface area (Å²) in [6.45, 7) is 1.70. The van der Waals surface area contributed by atoms with Gasteiger partial charge in [0, 0.05) is 12.7 Å². The van der Waals surface area contributed by atoms with Gasteiger partial charge in [0.1, 0.15) is 6.04 Å². The number of likely N-dealkylation sites (tertiary alicyclic amines) is 1. The third-order valence-electron chi connectivity index (χ3n) is 2.76. The zero-order valence-electron chi connectivity index (χ0n) is 9.48. The molecule has 1 fully saturated rings. The van der Waals surface area contributed by atoms with E-state index in [1.165, 1.54) is 13.2 Å². The molecule has 1 saturated heterocycles. The molecule has 2 rings (SSSR count). The number of nitrogens with one attached hydrogen (secondary N) is 2. The molecule has 1 aliphatic heterocycles. The van der Waals surface area contributed by atoms with Crippen LogP contribution in [0.15, 0.2) is 6.20 Å². The highest BCUT2D eigenvalue weighted by molar-refractivity contribution is 6.08. The Hall–Kier alpha value is -2.18. The monoisotopic (exact) mass is 236 g/mol. The molecule has 0 spiro atoms. The first-order valence-corrected chi connectivity index (χ1v) is 5.12. The van der Waals surface area contributed by atoms with E-state index in [4.69, 9.17) is 0 Å². The Morgan fingerprint density at radius 3 is 2.76 bits per heavy atom. The third-order valence-corrected chi connectivity index (χ3v) is 2.76. The number of nitrogens with zero attached hydrogens (tertiary/aromatic N) is 2. The molecule has 0 saturated carbocycles. The van der Waals surface area contributed by atoms with Crippen molar-refractivity contribution in [1.82, 2.24) is 20.4 Å². The van der Waals surface area contributed by atoms with Crippen LogP contribution in [0.5, 0.6) is 0 Å². The molecule has 90 valence electrons. The average molecular weight is 236 g/mol. The van der Waals surface area contributed by atoms with Gasteiger partial charge in [-0.25, -0.2) is 0 Å². The molecule has 0 aliphatic carbocycles. The number of imide groups is 1. The predicted octanol–water partition coefficient (Wildman–Crippen LogP) is -0.795. The molecule has 1 aliphatic rings. The lowest BCUT2D eigenvalue weighted by atomic mass is 10.2. The smallest absolute Gasteiger partial charge is 0.255 e. The minimum Gasteiger partial charge on any atom is -0.340 e. The number of carbonyl (C=O) groups excluding carboxylic acids is 3. The van der Waals surface area contributed by atoms with Crippen molar-refractivity contribution in [2.24, 2.45) is 0 Å². The number of aromatic nitrogens is 2. The van der Waals surface area contributed by atoms with Gasteiger partial charge in [-0.05, 0) is 6.92 Å². The van der Waals surface area contributed by atoms with E-state index in [2.05, 4.69) is 15.5 Å². The highest BCUT2D eigenvalue weighted by Gasteiger charge is 2.37. The van der Waals surface area contributed by atoms with Gasteiger partial charge in [0.25, 0.3) is 11.8 Å². The summed E-state index contributed by atoms with van der Waals surface area (Å²) in [5.41, 5.74) is 0.993. The number of H-pyrrole nitrogens is 1. The Morgan fingerprint density at radius 2 is 2.29 bits per heavy atom. The summed E-state index contributed by atoms with van der Waals surface area (Å²) in [5, 5.41) is 8.87. The van der Waals surface area contributed by atoms with E-state index >= 15 is 0 Å². The second kappa shape index (κ2) is 4.00. The van der Waals surface area contributed by atoms with Gasteiger partial charge in [-0.15, -0.1) is 0 Å². The van der Waals surface area contributed by atoms with Crippen molar-refractivity contribution in [3.63, 3.8) is 0 Å². The number of aryl methyl sites for hydroxylation is 1. The molecule has 0 radical (unpaired) electrons. The van der Waals surface area contributed by atoms with E-state index in [1.54, 1.807) is 6.92 Å². The van der Waals surface area contributed by atoms with Crippen LogP contribution in [0.1, 0.15) is 22.5 Å². The fourth-order valence-corrected chi connectivity index (χ4v) is 1.68. The van der Waals surface area contributed by atoms with Crippen LogP contribution in [0.4, 0.5) is 0 Å². The van der Waals surface area contributed by atoms with Crippen molar-refractivity contribution < 1.29 is 14.4 Å². The first kappa shape index (κ1) is 11.3. The normalized spacial score (nSPS) is 19.9. The molecule has 17 heavy (non-hydrogen) atoms. The zero-order valence-corrected chi connectivity index (χ0v) is 9.48. The van der Waals surface area contributed by atoms with Gasteiger partial charge in [0.05, 0.1) is 18.2 Å². The van der Waals surface area contributed by atoms with Crippen molar-refractivity contribution in [3.8, 4) is 0 Å². The maximum atomic E-state index is 11.8. The lowest BCUT2D eigenvalue weighted by Gasteiger charge is -2.10. The van der Waals surface area contributed by atoms with E-state index < -0.39 is 11.9 Å². The van der Waals surface area contributed by atoms with E-state index in [0.29, 0.717) is 11.3 Å². The lowest BCUT2D eigenvalue weighted by molar-refractivity contribution is -0.137. The van der Waals surface area contributed by atoms with Crippen LogP contribution < -0.4 is 5.32 Å². The van der Waals surface area contributed by atoms with Gasteiger partial charge in [-0.2, -0.15) is 5.10 Å². The number of hydrogen-bond acceptors (Lipinski definition) is 4. The predicted molar refractivity (Wildman–Crippen MR) is 57.0 cm³/mol. The second-order valence-corrected chi connectivity index (χ2v) is 3.93. The summed E-state index contributed by atoms with van der Waals surface area (Å²) in [6, 6.07) is -0.769. The summed E-state index contributed by atoms with van der Waals surface area (Å²) in [6.07, 6.45) is 1.40. The van der Waals surface area contributed by atoms with Crippen LogP contribution >= 0.6 is 0 Å². The van der Waals surface area contributed by atoms with Crippen molar-refractivity contribution in [2.75, 3.05) is 7.05 Å². The fourth-order valence-electron chi connectivity index (χ4n) is 1.68. The topological polar surface area (TPSA) is 95.2 Å². The van der Waals surface area contributed by atoms with E-state index in [1.807, 2.05) is 0 Å². The minimum absolute atomic E-state index is 0.0119. The number of amides is 3. The number of rotatable bonds is 2. The van der Waals surface area contributed by atoms with Gasteiger partial charge in [0.2, 0.25) is 5.91 Å². The number of carbonyl (C=O) groups is 3. The van der Waals surface area contributed by atoms with Gasteiger partial charge < -0.3 is 5.32 Å². The van der Waals surface area contributed by atoms with E-state index in [-0.39, 0.29) is 18.2 Å². The quantitative estimate of drug-likeness (QED) is 0.657. The SMILES string of the molecule is Cc1[nH]ncc1C(=O)NC1CC(=O)N(C)C1=O. The zero-order chi connectivity index (χ0) is 12.6. The summed E-state index contributed by atoms with van der Waals surface area (Å²) < 4.78 is 0. The van der Waals surface area contributed by atoms with Crippen molar-refractivity contribution in [2.45, 2.75) is 19.4 Å². The molecule has 0 aromatic carbocycles. The fraction of sp³-hybridized carbons (Fsp3) is 0.400. The first-order valence-electron chi connectivity index (χ1n) is 5.12. The first-order chi connectivity index (χ1) is 8.00. The Morgan fingerprint density at radius 1 is 1.59 bits per heavy atom. The van der Waals surface area contributed by atoms with Gasteiger partial charge in [-0.3, -0.25) is 24.4 Å². The van der Waals surface area contributed by atoms with E-state index in [9.17, 15) is 14.4 Å². The summed E-state index contributed by atoms with van der Waals surface area (Å²) >= 11 is 0. The molecule has 1 aromatic rings. The van der Waals surface area contributed by atoms with Gasteiger partial charge in [0.15, 0.2) is 0 Å². The summed E-state index contributed by atoms with van der Waals surface area (Å²) in [5.74, 6) is -1.08. The molecule has 2 heterocycles.